The lowest BCUT2D eigenvalue weighted by Crippen LogP contribution is -2.51. The average Bonchev–Trinajstić information content (AvgIpc) is 2.86. The topological polar surface area (TPSA) is 93.7 Å². The predicted octanol–water partition coefficient (Wildman–Crippen LogP) is 4.50. The molecule has 0 bridgehead atoms. The van der Waals surface area contributed by atoms with Crippen molar-refractivity contribution in [3.63, 3.8) is 0 Å². The van der Waals surface area contributed by atoms with Crippen molar-refractivity contribution in [1.29, 1.82) is 0 Å². The molecule has 3 atom stereocenters. The first kappa shape index (κ1) is 25.3. The van der Waals surface area contributed by atoms with Gasteiger partial charge in [-0.15, -0.1) is 0 Å². The van der Waals surface area contributed by atoms with Crippen molar-refractivity contribution in [3.05, 3.63) is 71.8 Å². The van der Waals surface area contributed by atoms with Crippen molar-refractivity contribution in [1.82, 2.24) is 10.6 Å². The van der Waals surface area contributed by atoms with Crippen LogP contribution in [0.1, 0.15) is 56.6 Å². The SMILES string of the molecule is C[C@@H]1CCCC[C@@H]1NC(=O)[C@H](CCC(=O)OCc1ccccc1)NC(=O)OCc1ccccc1. The Kier molecular flexibility index (Phi) is 9.95. The predicted molar refractivity (Wildman–Crippen MR) is 129 cm³/mol. The molecule has 2 aromatic carbocycles. The minimum absolute atomic E-state index is 0.00407. The molecule has 2 aromatic rings. The molecule has 7 heteroatoms. The number of benzene rings is 2. The number of esters is 1. The zero-order chi connectivity index (χ0) is 24.2. The van der Waals surface area contributed by atoms with Gasteiger partial charge in [-0.2, -0.15) is 0 Å². The van der Waals surface area contributed by atoms with Crippen LogP contribution in [0.4, 0.5) is 4.79 Å². The van der Waals surface area contributed by atoms with Crippen LogP contribution in [-0.4, -0.2) is 30.1 Å². The number of amides is 2. The van der Waals surface area contributed by atoms with Crippen LogP contribution in [0.3, 0.4) is 0 Å². The van der Waals surface area contributed by atoms with Gasteiger partial charge in [0, 0.05) is 12.5 Å². The van der Waals surface area contributed by atoms with Gasteiger partial charge in [-0.25, -0.2) is 4.79 Å². The van der Waals surface area contributed by atoms with Crippen LogP contribution in [0, 0.1) is 5.92 Å². The molecule has 34 heavy (non-hydrogen) atoms. The van der Waals surface area contributed by atoms with E-state index in [1.54, 1.807) is 0 Å². The van der Waals surface area contributed by atoms with Crippen molar-refractivity contribution in [2.24, 2.45) is 5.92 Å². The minimum atomic E-state index is -0.887. The lowest BCUT2D eigenvalue weighted by molar-refractivity contribution is -0.145. The highest BCUT2D eigenvalue weighted by Crippen LogP contribution is 2.24. The molecule has 0 saturated heterocycles. The van der Waals surface area contributed by atoms with Crippen LogP contribution < -0.4 is 10.6 Å². The van der Waals surface area contributed by atoms with E-state index in [0.717, 1.165) is 36.8 Å². The van der Waals surface area contributed by atoms with Crippen molar-refractivity contribution in [2.75, 3.05) is 0 Å². The normalized spacial score (nSPS) is 18.4. The molecule has 7 nitrogen and oxygen atoms in total. The van der Waals surface area contributed by atoms with Crippen LogP contribution in [0.15, 0.2) is 60.7 Å². The zero-order valence-electron chi connectivity index (χ0n) is 19.7. The van der Waals surface area contributed by atoms with Crippen LogP contribution in [0.2, 0.25) is 0 Å². The van der Waals surface area contributed by atoms with Gasteiger partial charge in [0.05, 0.1) is 0 Å². The number of nitrogens with one attached hydrogen (secondary N) is 2. The lowest BCUT2D eigenvalue weighted by Gasteiger charge is -2.31. The molecule has 3 rings (SSSR count). The molecular formula is C27H34N2O5. The molecule has 1 aliphatic carbocycles. The minimum Gasteiger partial charge on any atom is -0.461 e. The largest absolute Gasteiger partial charge is 0.461 e. The monoisotopic (exact) mass is 466 g/mol. The van der Waals surface area contributed by atoms with E-state index in [-0.39, 0.29) is 38.0 Å². The molecule has 1 fully saturated rings. The summed E-state index contributed by atoms with van der Waals surface area (Å²) in [6, 6.07) is 17.9. The van der Waals surface area contributed by atoms with Crippen molar-refractivity contribution >= 4 is 18.0 Å². The summed E-state index contributed by atoms with van der Waals surface area (Å²) in [6.07, 6.45) is 3.64. The summed E-state index contributed by atoms with van der Waals surface area (Å²) in [7, 11) is 0. The van der Waals surface area contributed by atoms with Crippen LogP contribution in [-0.2, 0) is 32.3 Å². The van der Waals surface area contributed by atoms with Crippen molar-refractivity contribution in [3.8, 4) is 0 Å². The number of carbonyl (C=O) groups is 3. The first-order chi connectivity index (χ1) is 16.5. The molecule has 182 valence electrons. The van der Waals surface area contributed by atoms with Gasteiger partial charge in [-0.1, -0.05) is 80.4 Å². The molecule has 0 heterocycles. The van der Waals surface area contributed by atoms with Crippen molar-refractivity contribution in [2.45, 2.75) is 70.7 Å². The number of rotatable bonds is 10. The van der Waals surface area contributed by atoms with E-state index in [1.807, 2.05) is 60.7 Å². The first-order valence-corrected chi connectivity index (χ1v) is 12.0. The van der Waals surface area contributed by atoms with Gasteiger partial charge in [0.1, 0.15) is 19.3 Å². The summed E-state index contributed by atoms with van der Waals surface area (Å²) in [5.74, 6) is -0.349. The summed E-state index contributed by atoms with van der Waals surface area (Å²) < 4.78 is 10.6. The van der Waals surface area contributed by atoms with Gasteiger partial charge in [0.15, 0.2) is 0 Å². The number of carbonyl (C=O) groups excluding carboxylic acids is 3. The standard InChI is InChI=1S/C27H34N2O5/c1-20-10-8-9-15-23(20)28-26(31)24(29-27(32)34-19-22-13-6-3-7-14-22)16-17-25(30)33-18-21-11-4-2-5-12-21/h2-7,11-14,20,23-24H,8-10,15-19H2,1H3,(H,28,31)(H,29,32)/t20-,23+,24+/m1/s1. The quantitative estimate of drug-likeness (QED) is 0.503. The number of hydrogen-bond acceptors (Lipinski definition) is 5. The summed E-state index contributed by atoms with van der Waals surface area (Å²) in [5, 5.41) is 5.71. The molecule has 0 aliphatic heterocycles. The number of hydrogen-bond donors (Lipinski definition) is 2. The Morgan fingerprint density at radius 2 is 1.47 bits per heavy atom. The van der Waals surface area contributed by atoms with E-state index in [1.165, 1.54) is 0 Å². The number of alkyl carbamates (subject to hydrolysis) is 1. The molecule has 1 saturated carbocycles. The molecule has 0 unspecified atom stereocenters. The molecule has 1 aliphatic rings. The van der Waals surface area contributed by atoms with Crippen LogP contribution in [0.25, 0.3) is 0 Å². The third kappa shape index (κ3) is 8.54. The Hall–Kier alpha value is -3.35. The number of ether oxygens (including phenoxy) is 2. The molecule has 0 spiro atoms. The summed E-state index contributed by atoms with van der Waals surface area (Å²) in [5.41, 5.74) is 1.73. The molecule has 0 aromatic heterocycles. The van der Waals surface area contributed by atoms with Crippen LogP contribution >= 0.6 is 0 Å². The Balaban J connectivity index is 1.54. The summed E-state index contributed by atoms with van der Waals surface area (Å²) >= 11 is 0. The fourth-order valence-corrected chi connectivity index (χ4v) is 4.06. The Bertz CT molecular complexity index is 919. The van der Waals surface area contributed by atoms with Gasteiger partial charge >= 0.3 is 12.1 Å². The van der Waals surface area contributed by atoms with E-state index in [0.29, 0.717) is 5.92 Å². The Morgan fingerprint density at radius 1 is 0.882 bits per heavy atom. The summed E-state index contributed by atoms with van der Waals surface area (Å²) in [6.45, 7) is 2.39. The first-order valence-electron chi connectivity index (χ1n) is 12.0. The summed E-state index contributed by atoms with van der Waals surface area (Å²) in [4.78, 5) is 37.7. The Labute approximate surface area is 201 Å². The lowest BCUT2D eigenvalue weighted by atomic mass is 9.86. The second kappa shape index (κ2) is 13.4. The fraction of sp³-hybridized carbons (Fsp3) is 0.444. The zero-order valence-corrected chi connectivity index (χ0v) is 19.7. The van der Waals surface area contributed by atoms with Gasteiger partial charge in [0.25, 0.3) is 0 Å². The molecule has 2 N–H and O–H groups in total. The van der Waals surface area contributed by atoms with E-state index >= 15 is 0 Å². The van der Waals surface area contributed by atoms with E-state index in [4.69, 9.17) is 9.47 Å². The van der Waals surface area contributed by atoms with E-state index in [9.17, 15) is 14.4 Å². The Morgan fingerprint density at radius 3 is 2.09 bits per heavy atom. The van der Waals surface area contributed by atoms with Gasteiger partial charge in [-0.05, 0) is 36.3 Å². The fourth-order valence-electron chi connectivity index (χ4n) is 4.06. The highest BCUT2D eigenvalue weighted by Gasteiger charge is 2.28. The van der Waals surface area contributed by atoms with Gasteiger partial charge < -0.3 is 20.1 Å². The third-order valence-corrected chi connectivity index (χ3v) is 6.14. The second-order valence-corrected chi connectivity index (χ2v) is 8.82. The third-order valence-electron chi connectivity index (χ3n) is 6.14. The molecule has 2 amide bonds. The molecular weight excluding hydrogens is 432 g/mol. The van der Waals surface area contributed by atoms with Gasteiger partial charge in [-0.3, -0.25) is 9.59 Å². The average molecular weight is 467 g/mol. The smallest absolute Gasteiger partial charge is 0.408 e. The van der Waals surface area contributed by atoms with Gasteiger partial charge in [0.2, 0.25) is 5.91 Å². The van der Waals surface area contributed by atoms with E-state index in [2.05, 4.69) is 17.6 Å². The highest BCUT2D eigenvalue weighted by atomic mass is 16.5. The molecule has 0 radical (unpaired) electrons. The second-order valence-electron chi connectivity index (χ2n) is 8.82. The van der Waals surface area contributed by atoms with Crippen LogP contribution in [0.5, 0.6) is 0 Å². The highest BCUT2D eigenvalue weighted by molar-refractivity contribution is 5.86. The maximum Gasteiger partial charge on any atom is 0.408 e. The maximum atomic E-state index is 13.0. The van der Waals surface area contributed by atoms with E-state index < -0.39 is 18.1 Å². The van der Waals surface area contributed by atoms with Crippen molar-refractivity contribution < 1.29 is 23.9 Å². The maximum absolute atomic E-state index is 13.0.